The van der Waals surface area contributed by atoms with Crippen molar-refractivity contribution in [3.63, 3.8) is 0 Å². The van der Waals surface area contributed by atoms with Gasteiger partial charge in [-0.3, -0.25) is 0 Å². The largest absolute Gasteiger partial charge is 0.396 e. The number of aliphatic hydroxyl groups excluding tert-OH is 1. The highest BCUT2D eigenvalue weighted by Crippen LogP contribution is 2.11. The Morgan fingerprint density at radius 3 is 1.24 bits per heavy atom. The minimum Gasteiger partial charge on any atom is -0.396 e. The summed E-state index contributed by atoms with van der Waals surface area (Å²) < 4.78 is 0. The normalized spacial score (nSPS) is 11.9. The van der Waals surface area contributed by atoms with E-state index in [2.05, 4.69) is 27.7 Å². The molecule has 1 atom stereocenters. The van der Waals surface area contributed by atoms with E-state index in [9.17, 15) is 0 Å². The predicted molar refractivity (Wildman–Crippen MR) is 97.9 cm³/mol. The quantitative estimate of drug-likeness (QED) is 0.338. The third kappa shape index (κ3) is 25.3. The van der Waals surface area contributed by atoms with Crippen LogP contribution in [0.5, 0.6) is 0 Å². The van der Waals surface area contributed by atoms with Crippen LogP contribution in [0.1, 0.15) is 118 Å². The summed E-state index contributed by atoms with van der Waals surface area (Å²) in [6.45, 7) is 9.24. The average molecular weight is 301 g/mol. The first-order valence-electron chi connectivity index (χ1n) is 9.83. The Morgan fingerprint density at radius 2 is 0.905 bits per heavy atom. The van der Waals surface area contributed by atoms with Gasteiger partial charge in [0.15, 0.2) is 0 Å². The highest BCUT2D eigenvalue weighted by molar-refractivity contribution is 4.51. The van der Waals surface area contributed by atoms with Crippen LogP contribution in [0.2, 0.25) is 0 Å². The van der Waals surface area contributed by atoms with Gasteiger partial charge in [-0.1, -0.05) is 111 Å². The van der Waals surface area contributed by atoms with Crippen molar-refractivity contribution >= 4 is 0 Å². The maximum Gasteiger partial charge on any atom is 0.0456 e. The van der Waals surface area contributed by atoms with Gasteiger partial charge in [0.25, 0.3) is 0 Å². The highest BCUT2D eigenvalue weighted by Gasteiger charge is 1.98. The maximum absolute atomic E-state index is 8.78. The molecule has 0 amide bonds. The van der Waals surface area contributed by atoms with Crippen LogP contribution in [-0.2, 0) is 0 Å². The van der Waals surface area contributed by atoms with Crippen LogP contribution in [0.3, 0.4) is 0 Å². The summed E-state index contributed by atoms with van der Waals surface area (Å²) in [7, 11) is 0. The van der Waals surface area contributed by atoms with Crippen LogP contribution in [-0.4, -0.2) is 11.7 Å². The monoisotopic (exact) mass is 300 g/mol. The van der Waals surface area contributed by atoms with Crippen molar-refractivity contribution in [1.82, 2.24) is 0 Å². The van der Waals surface area contributed by atoms with E-state index < -0.39 is 0 Å². The zero-order valence-electron chi connectivity index (χ0n) is 15.6. The van der Waals surface area contributed by atoms with Crippen LogP contribution in [0.4, 0.5) is 0 Å². The van der Waals surface area contributed by atoms with Crippen LogP contribution >= 0.6 is 0 Å². The van der Waals surface area contributed by atoms with Crippen molar-refractivity contribution < 1.29 is 5.11 Å². The summed E-state index contributed by atoms with van der Waals surface area (Å²) in [5.41, 5.74) is 0. The molecule has 0 aliphatic heterocycles. The first kappa shape index (κ1) is 23.2. The molecule has 0 bridgehead atoms. The van der Waals surface area contributed by atoms with E-state index in [4.69, 9.17) is 5.11 Å². The number of rotatable bonds is 14. The molecule has 0 aromatic rings. The molecule has 0 rings (SSSR count). The van der Waals surface area contributed by atoms with E-state index in [-0.39, 0.29) is 0 Å². The molecule has 0 aromatic carbocycles. The molecule has 0 saturated heterocycles. The van der Waals surface area contributed by atoms with Gasteiger partial charge in [0.2, 0.25) is 0 Å². The molecule has 1 nitrogen and oxygen atoms in total. The molecule has 0 saturated carbocycles. The molecule has 1 N–H and O–H groups in total. The molecule has 1 heteroatoms. The second-order valence-electron chi connectivity index (χ2n) is 6.61. The Kier molecular flexibility index (Phi) is 24.6. The van der Waals surface area contributed by atoms with Crippen molar-refractivity contribution in [2.24, 2.45) is 5.92 Å². The number of unbranched alkanes of at least 4 members (excludes halogenated alkanes) is 11. The van der Waals surface area contributed by atoms with Gasteiger partial charge in [0.1, 0.15) is 0 Å². The number of aliphatic hydroxyl groups is 1. The topological polar surface area (TPSA) is 20.2 Å². The average Bonchev–Trinajstić information content (AvgIpc) is 2.51. The van der Waals surface area contributed by atoms with Crippen molar-refractivity contribution in [2.45, 2.75) is 118 Å². The summed E-state index contributed by atoms with van der Waals surface area (Å²) >= 11 is 0. The molecule has 1 unspecified atom stereocenters. The van der Waals surface area contributed by atoms with Crippen LogP contribution in [0, 0.1) is 5.92 Å². The summed E-state index contributed by atoms with van der Waals surface area (Å²) in [4.78, 5) is 0. The minimum atomic E-state index is 0.356. The van der Waals surface area contributed by atoms with Crippen molar-refractivity contribution in [3.05, 3.63) is 0 Å². The first-order chi connectivity index (χ1) is 10.2. The zero-order chi connectivity index (χ0) is 16.2. The summed E-state index contributed by atoms with van der Waals surface area (Å²) in [6.07, 6.45) is 19.3. The van der Waals surface area contributed by atoms with E-state index in [1.807, 2.05) is 0 Å². The fourth-order valence-electron chi connectivity index (χ4n) is 2.39. The molecular weight excluding hydrogens is 256 g/mol. The van der Waals surface area contributed by atoms with Gasteiger partial charge in [0, 0.05) is 6.61 Å². The van der Waals surface area contributed by atoms with Gasteiger partial charge in [0.05, 0.1) is 0 Å². The lowest BCUT2D eigenvalue weighted by Crippen LogP contribution is -1.99. The molecule has 0 heterocycles. The van der Waals surface area contributed by atoms with Gasteiger partial charge >= 0.3 is 0 Å². The zero-order valence-corrected chi connectivity index (χ0v) is 15.6. The Morgan fingerprint density at radius 1 is 0.571 bits per heavy atom. The summed E-state index contributed by atoms with van der Waals surface area (Å²) in [5.74, 6) is 0.510. The molecule has 0 aliphatic rings. The third-order valence-electron chi connectivity index (χ3n) is 4.07. The molecule has 0 aliphatic carbocycles. The number of hydrogen-bond acceptors (Lipinski definition) is 1. The van der Waals surface area contributed by atoms with Crippen molar-refractivity contribution in [2.75, 3.05) is 6.61 Å². The van der Waals surface area contributed by atoms with E-state index in [1.165, 1.54) is 89.9 Å². The second kappa shape index (κ2) is 22.2. The molecule has 0 spiro atoms. The Balaban J connectivity index is 0. The standard InChI is InChI=1S/C11H24O.C9H20/c1-3-4-5-6-7-8-9-11(2)10-12;1-3-5-7-9-8-6-4-2/h11-12H,3-10H2,1-2H3;3-9H2,1-2H3. The second-order valence-corrected chi connectivity index (χ2v) is 6.61. The van der Waals surface area contributed by atoms with Gasteiger partial charge < -0.3 is 5.11 Å². The fraction of sp³-hybridized carbons (Fsp3) is 1.00. The van der Waals surface area contributed by atoms with Gasteiger partial charge in [-0.05, 0) is 12.3 Å². The van der Waals surface area contributed by atoms with Gasteiger partial charge in [-0.2, -0.15) is 0 Å². The lowest BCUT2D eigenvalue weighted by Gasteiger charge is -2.06. The lowest BCUT2D eigenvalue weighted by molar-refractivity contribution is 0.227. The van der Waals surface area contributed by atoms with Crippen LogP contribution in [0.25, 0.3) is 0 Å². The lowest BCUT2D eigenvalue weighted by atomic mass is 10.0. The third-order valence-corrected chi connectivity index (χ3v) is 4.07. The Hall–Kier alpha value is -0.0400. The molecule has 0 radical (unpaired) electrons. The van der Waals surface area contributed by atoms with Crippen molar-refractivity contribution in [1.29, 1.82) is 0 Å². The molecule has 130 valence electrons. The highest BCUT2D eigenvalue weighted by atomic mass is 16.3. The van der Waals surface area contributed by atoms with Crippen LogP contribution < -0.4 is 0 Å². The predicted octanol–water partition coefficient (Wildman–Crippen LogP) is 7.12. The smallest absolute Gasteiger partial charge is 0.0456 e. The van der Waals surface area contributed by atoms with Crippen LogP contribution in [0.15, 0.2) is 0 Å². The number of hydrogen-bond donors (Lipinski definition) is 1. The van der Waals surface area contributed by atoms with Crippen molar-refractivity contribution in [3.8, 4) is 0 Å². The summed E-state index contributed by atoms with van der Waals surface area (Å²) in [5, 5.41) is 8.78. The molecule has 0 fully saturated rings. The Labute approximate surface area is 135 Å². The Bertz CT molecular complexity index is 150. The molecule has 21 heavy (non-hydrogen) atoms. The minimum absolute atomic E-state index is 0.356. The molecular formula is C20H44O. The van der Waals surface area contributed by atoms with E-state index in [0.29, 0.717) is 12.5 Å². The van der Waals surface area contributed by atoms with Gasteiger partial charge in [-0.15, -0.1) is 0 Å². The molecule has 0 aromatic heterocycles. The fourth-order valence-corrected chi connectivity index (χ4v) is 2.39. The first-order valence-corrected chi connectivity index (χ1v) is 9.83. The SMILES string of the molecule is CCCCCCCCC.CCCCCCCCC(C)CO. The van der Waals surface area contributed by atoms with E-state index >= 15 is 0 Å². The van der Waals surface area contributed by atoms with Gasteiger partial charge in [-0.25, -0.2) is 0 Å². The van der Waals surface area contributed by atoms with E-state index in [0.717, 1.165) is 0 Å². The maximum atomic E-state index is 8.78. The van der Waals surface area contributed by atoms with E-state index in [1.54, 1.807) is 0 Å². The summed E-state index contributed by atoms with van der Waals surface area (Å²) in [6, 6.07) is 0.